The zero-order valence-electron chi connectivity index (χ0n) is 46.8. The predicted octanol–water partition coefficient (Wildman–Crippen LogP) is 18.5. The van der Waals surface area contributed by atoms with Crippen LogP contribution in [0.3, 0.4) is 0 Å². The summed E-state index contributed by atoms with van der Waals surface area (Å²) in [6.45, 7) is 9.04. The topological polar surface area (TPSA) is 36.8 Å². The zero-order chi connectivity index (χ0) is 54.6. The predicted molar refractivity (Wildman–Crippen MR) is 337 cm³/mol. The molecule has 3 aliphatic heterocycles. The summed E-state index contributed by atoms with van der Waals surface area (Å²) in [7, 11) is 0. The van der Waals surface area contributed by atoms with Gasteiger partial charge in [-0.15, -0.1) is 53.6 Å². The SMILES string of the molecule is Cc1cc(C)c(-c2cc(Oc3[c-]c4c(cc3)c3ccccc3n4-c3cc(C4(C5=CC=CN6C=CC=CB56)C5CC6CC(C5)CC4C6)ccn3)[c-]c(N3[CH-]N(c4c(-c5ccccc5)cccc4-c4ccccc4)c4ccccc43)c2)c(C)c1.[Pt]. The van der Waals surface area contributed by atoms with Gasteiger partial charge in [0.05, 0.1) is 0 Å². The van der Waals surface area contributed by atoms with Gasteiger partial charge in [0.25, 0.3) is 0 Å². The fourth-order valence-electron chi connectivity index (χ4n) is 16.2. The summed E-state index contributed by atoms with van der Waals surface area (Å²) >= 11 is 0. The Balaban J connectivity index is 0.00000588. The molecule has 0 radical (unpaired) electrons. The van der Waals surface area contributed by atoms with E-state index in [-0.39, 0.29) is 33.3 Å². The number of nitrogens with zero attached hydrogens (tertiary/aromatic N) is 5. The largest absolute Gasteiger partial charge is 0.509 e. The Morgan fingerprint density at radius 1 is 0.590 bits per heavy atom. The maximum atomic E-state index is 7.19. The second-order valence-electron chi connectivity index (χ2n) is 23.9. The molecule has 0 spiro atoms. The van der Waals surface area contributed by atoms with Crippen LogP contribution in [0.15, 0.2) is 230 Å². The van der Waals surface area contributed by atoms with Gasteiger partial charge in [-0.05, 0) is 170 Å². The number of allylic oxidation sites excluding steroid dienone is 5. The van der Waals surface area contributed by atoms with Crippen LogP contribution in [0.5, 0.6) is 11.5 Å². The van der Waals surface area contributed by atoms with Gasteiger partial charge in [0.15, 0.2) is 0 Å². The minimum absolute atomic E-state index is 0. The molecule has 0 amide bonds. The van der Waals surface area contributed by atoms with Crippen molar-refractivity contribution in [1.82, 2.24) is 14.4 Å². The molecule has 17 rings (SSSR count). The van der Waals surface area contributed by atoms with Crippen molar-refractivity contribution in [3.05, 3.63) is 271 Å². The van der Waals surface area contributed by atoms with E-state index >= 15 is 0 Å². The van der Waals surface area contributed by atoms with Crippen LogP contribution in [-0.4, -0.2) is 21.2 Å². The van der Waals surface area contributed by atoms with Gasteiger partial charge < -0.3 is 23.9 Å². The number of pyridine rings is 1. The Labute approximate surface area is 502 Å². The Kier molecular flexibility index (Phi) is 12.7. The zero-order valence-corrected chi connectivity index (χ0v) is 49.1. The molecule has 4 aliphatic carbocycles. The van der Waals surface area contributed by atoms with Crippen LogP contribution < -0.4 is 14.5 Å². The molecule has 408 valence electrons. The molecule has 0 N–H and O–H groups in total. The van der Waals surface area contributed by atoms with Crippen molar-refractivity contribution < 1.29 is 25.8 Å². The quantitative estimate of drug-likeness (QED) is 0.101. The van der Waals surface area contributed by atoms with Crippen LogP contribution in [0.1, 0.15) is 54.4 Å². The Morgan fingerprint density at radius 3 is 1.98 bits per heavy atom. The van der Waals surface area contributed by atoms with Crippen molar-refractivity contribution >= 4 is 51.4 Å². The Bertz CT molecular complexity index is 4220. The van der Waals surface area contributed by atoms with Crippen molar-refractivity contribution in [2.75, 3.05) is 9.80 Å². The van der Waals surface area contributed by atoms with Gasteiger partial charge in [0.1, 0.15) is 5.82 Å². The van der Waals surface area contributed by atoms with E-state index in [9.17, 15) is 0 Å². The molecule has 8 heteroatoms. The number of rotatable bonds is 10. The maximum absolute atomic E-state index is 7.19. The van der Waals surface area contributed by atoms with E-state index in [1.807, 2.05) is 0 Å². The molecule has 8 aromatic carbocycles. The van der Waals surface area contributed by atoms with Gasteiger partial charge in [-0.3, -0.25) is 0 Å². The minimum Gasteiger partial charge on any atom is -0.509 e. The smallest absolute Gasteiger partial charge is 0.316 e. The number of para-hydroxylation sites is 4. The number of aryl methyl sites for hydroxylation is 3. The van der Waals surface area contributed by atoms with Gasteiger partial charge in [-0.2, -0.15) is 6.07 Å². The van der Waals surface area contributed by atoms with E-state index in [4.69, 9.17) is 9.72 Å². The average molecular weight is 1250 g/mol. The fourth-order valence-corrected chi connectivity index (χ4v) is 16.2. The first-order chi connectivity index (χ1) is 40.3. The van der Waals surface area contributed by atoms with E-state index in [0.717, 1.165) is 90.0 Å². The van der Waals surface area contributed by atoms with Crippen LogP contribution in [0.4, 0.5) is 22.7 Å². The molecule has 4 saturated carbocycles. The van der Waals surface area contributed by atoms with Crippen molar-refractivity contribution in [2.24, 2.45) is 23.7 Å². The molecule has 83 heavy (non-hydrogen) atoms. The molecule has 2 aromatic heterocycles. The summed E-state index contributed by atoms with van der Waals surface area (Å²) in [5.41, 5.74) is 19.4. The molecule has 7 aliphatic rings. The number of aromatic nitrogens is 2. The minimum atomic E-state index is -0.0997. The van der Waals surface area contributed by atoms with Crippen LogP contribution in [0.25, 0.3) is 61.0 Å². The summed E-state index contributed by atoms with van der Waals surface area (Å²) < 4.78 is 9.53. The molecule has 6 nitrogen and oxygen atoms in total. The van der Waals surface area contributed by atoms with Crippen LogP contribution >= 0.6 is 0 Å². The van der Waals surface area contributed by atoms with E-state index in [1.54, 1.807) is 0 Å². The standard InChI is InChI=1S/C75H61BN5O.Pt/c1-49-36-50(2)73(51(3)37-49)56-43-60(79-48-80(69-27-13-12-26-68(69)79)74-63(54-18-6-4-7-19-54)23-16-24-64(74)55-20-8-5-9-21-55)46-62(44-56)82-61-29-30-66-65-22-10-11-25-67(65)81(70(66)47-61)72-45-57(31-33-77-72)75(58-39-52-38-53(41-58)42-59(75)40-52)71-28-17-35-78-34-15-14-32-76(71)78;/h4-37,43-45,48,52-53,58-59H,38-42H2,1-3H3;/q-3;. The third-order valence-corrected chi connectivity index (χ3v) is 19.1. The number of anilines is 4. The van der Waals surface area contributed by atoms with Gasteiger partial charge in [0, 0.05) is 77.9 Å². The molecular formula is C75H61BN5OPt-3. The summed E-state index contributed by atoms with van der Waals surface area (Å²) in [6.07, 6.45) is 22.3. The van der Waals surface area contributed by atoms with E-state index in [1.165, 1.54) is 65.4 Å². The van der Waals surface area contributed by atoms with Crippen LogP contribution in [0.2, 0.25) is 0 Å². The monoisotopic (exact) mass is 1250 g/mol. The molecule has 4 fully saturated rings. The second kappa shape index (κ2) is 20.5. The summed E-state index contributed by atoms with van der Waals surface area (Å²) in [5, 5.41) is 2.26. The Morgan fingerprint density at radius 2 is 1.25 bits per heavy atom. The van der Waals surface area contributed by atoms with E-state index in [0.29, 0.717) is 23.3 Å². The van der Waals surface area contributed by atoms with Gasteiger partial charge in [0.2, 0.25) is 0 Å². The normalized spacial score (nSPS) is 20.9. The first-order valence-electron chi connectivity index (χ1n) is 29.4. The summed E-state index contributed by atoms with van der Waals surface area (Å²) in [4.78, 5) is 12.3. The van der Waals surface area contributed by atoms with Crippen LogP contribution in [0, 0.1) is 63.2 Å². The number of ether oxygens (including phenoxy) is 1. The van der Waals surface area contributed by atoms with Gasteiger partial charge in [-0.1, -0.05) is 156 Å². The van der Waals surface area contributed by atoms with Crippen molar-refractivity contribution in [3.8, 4) is 50.7 Å². The first kappa shape index (κ1) is 51.5. The average Bonchev–Trinajstić information content (AvgIpc) is 1.64. The molecule has 0 atom stereocenters. The van der Waals surface area contributed by atoms with Gasteiger partial charge >= 0.3 is 6.85 Å². The van der Waals surface area contributed by atoms with E-state index < -0.39 is 0 Å². The third-order valence-electron chi connectivity index (χ3n) is 19.1. The maximum Gasteiger partial charge on any atom is 0.316 e. The van der Waals surface area contributed by atoms with Crippen molar-refractivity contribution in [3.63, 3.8) is 0 Å². The van der Waals surface area contributed by atoms with Crippen LogP contribution in [-0.2, 0) is 26.5 Å². The molecule has 5 heterocycles. The number of hydrogen-bond acceptors (Lipinski definition) is 5. The first-order valence-corrected chi connectivity index (χ1v) is 29.4. The summed E-state index contributed by atoms with van der Waals surface area (Å²) in [5.74, 6) is 7.35. The van der Waals surface area contributed by atoms with Crippen molar-refractivity contribution in [2.45, 2.75) is 58.3 Å². The van der Waals surface area contributed by atoms with Crippen molar-refractivity contribution in [1.29, 1.82) is 0 Å². The fraction of sp³-hybridized carbons (Fsp3) is 0.173. The number of fused-ring (bicyclic) bond motifs is 5. The summed E-state index contributed by atoms with van der Waals surface area (Å²) in [6, 6.07) is 71.3. The Hall–Kier alpha value is -8.38. The molecule has 4 bridgehead atoms. The third kappa shape index (κ3) is 8.43. The van der Waals surface area contributed by atoms with Gasteiger partial charge in [-0.25, -0.2) is 4.98 Å². The number of hydrogen-bond donors (Lipinski definition) is 0. The molecule has 0 unspecified atom stereocenters. The second-order valence-corrected chi connectivity index (χ2v) is 23.9. The number of benzene rings is 8. The molecule has 0 saturated heterocycles. The van der Waals surface area contributed by atoms with E-state index in [2.05, 4.69) is 284 Å². The molecular weight excluding hydrogens is 1190 g/mol. The molecule has 10 aromatic rings.